The summed E-state index contributed by atoms with van der Waals surface area (Å²) in [5.74, 6) is 0.474. The van der Waals surface area contributed by atoms with E-state index >= 15 is 0 Å². The number of anilines is 1. The Morgan fingerprint density at radius 2 is 2.00 bits per heavy atom. The predicted octanol–water partition coefficient (Wildman–Crippen LogP) is 3.51. The quantitative estimate of drug-likeness (QED) is 0.508. The Labute approximate surface area is 180 Å². The first-order valence-corrected chi connectivity index (χ1v) is 10.8. The molecule has 1 aliphatic heterocycles. The number of aromatic nitrogens is 3. The van der Waals surface area contributed by atoms with E-state index in [9.17, 15) is 4.79 Å². The lowest BCUT2D eigenvalue weighted by molar-refractivity contribution is 0.234. The van der Waals surface area contributed by atoms with Crippen molar-refractivity contribution < 1.29 is 4.42 Å². The molecule has 1 aromatic carbocycles. The van der Waals surface area contributed by atoms with Crippen molar-refractivity contribution in [3.63, 3.8) is 0 Å². The fourth-order valence-corrected chi connectivity index (χ4v) is 4.33. The molecule has 0 radical (unpaired) electrons. The molecule has 160 valence electrons. The summed E-state index contributed by atoms with van der Waals surface area (Å²) in [4.78, 5) is 26.8. The van der Waals surface area contributed by atoms with Crippen LogP contribution in [0.3, 0.4) is 0 Å². The minimum absolute atomic E-state index is 0.335. The van der Waals surface area contributed by atoms with Crippen molar-refractivity contribution in [2.24, 2.45) is 0 Å². The highest BCUT2D eigenvalue weighted by molar-refractivity contribution is 5.87. The molecule has 7 nitrogen and oxygen atoms in total. The Balaban J connectivity index is 1.55. The van der Waals surface area contributed by atoms with Crippen LogP contribution in [-0.4, -0.2) is 52.0 Å². The first-order chi connectivity index (χ1) is 14.9. The monoisotopic (exact) mass is 417 g/mol. The summed E-state index contributed by atoms with van der Waals surface area (Å²) in [6.45, 7) is 9.15. The minimum atomic E-state index is -0.335. The van der Waals surface area contributed by atoms with Crippen LogP contribution in [0.15, 0.2) is 45.9 Å². The number of rotatable bonds is 3. The van der Waals surface area contributed by atoms with Gasteiger partial charge in [-0.15, -0.1) is 0 Å². The van der Waals surface area contributed by atoms with Gasteiger partial charge >= 0.3 is 5.63 Å². The van der Waals surface area contributed by atoms with Gasteiger partial charge in [0.25, 0.3) is 0 Å². The minimum Gasteiger partial charge on any atom is -0.421 e. The van der Waals surface area contributed by atoms with Crippen LogP contribution < -0.4 is 10.5 Å². The molecular weight excluding hydrogens is 390 g/mol. The first kappa shape index (κ1) is 19.8. The molecule has 0 aliphatic carbocycles. The van der Waals surface area contributed by atoms with Gasteiger partial charge in [0.1, 0.15) is 5.69 Å². The molecule has 0 amide bonds. The summed E-state index contributed by atoms with van der Waals surface area (Å²) in [5, 5.41) is 1.46. The second-order valence-corrected chi connectivity index (χ2v) is 8.48. The highest BCUT2D eigenvalue weighted by atomic mass is 16.4. The van der Waals surface area contributed by atoms with Gasteiger partial charge in [0.2, 0.25) is 0 Å². The van der Waals surface area contributed by atoms with Crippen LogP contribution in [0.25, 0.3) is 27.9 Å². The molecule has 0 spiro atoms. The Morgan fingerprint density at radius 1 is 1.16 bits per heavy atom. The van der Waals surface area contributed by atoms with Crippen molar-refractivity contribution in [1.29, 1.82) is 0 Å². The summed E-state index contributed by atoms with van der Waals surface area (Å²) in [5.41, 5.74) is 4.02. The number of fused-ring (bicyclic) bond motifs is 2. The third-order valence-corrected chi connectivity index (χ3v) is 6.29. The van der Waals surface area contributed by atoms with Crippen LogP contribution in [0.5, 0.6) is 0 Å². The highest BCUT2D eigenvalue weighted by Gasteiger charge is 2.21. The molecule has 7 heteroatoms. The van der Waals surface area contributed by atoms with Gasteiger partial charge < -0.3 is 18.6 Å². The summed E-state index contributed by atoms with van der Waals surface area (Å²) in [6, 6.07) is 8.43. The molecule has 3 aromatic heterocycles. The standard InChI is InChI=1S/C24H27N5O2/c1-5-20-23-26-21(14-29(23)12-15(2)25-20)22-10-17-6-7-18(11-19(17)24(30)31-22)28-9-8-27(4)16(3)13-28/h6-7,10-12,14,16H,5,8-9,13H2,1-4H3. The molecule has 31 heavy (non-hydrogen) atoms. The summed E-state index contributed by atoms with van der Waals surface area (Å²) < 4.78 is 7.67. The van der Waals surface area contributed by atoms with E-state index in [0.29, 0.717) is 22.9 Å². The lowest BCUT2D eigenvalue weighted by Gasteiger charge is -2.39. The summed E-state index contributed by atoms with van der Waals surface area (Å²) in [6.07, 6.45) is 4.62. The van der Waals surface area contributed by atoms with Gasteiger partial charge in [-0.3, -0.25) is 4.98 Å². The van der Waals surface area contributed by atoms with Gasteiger partial charge in [-0.05, 0) is 50.9 Å². The molecule has 1 aliphatic rings. The number of benzene rings is 1. The molecule has 1 unspecified atom stereocenters. The average Bonchev–Trinajstić information content (AvgIpc) is 3.19. The molecule has 4 aromatic rings. The van der Waals surface area contributed by atoms with E-state index in [2.05, 4.69) is 41.7 Å². The normalized spacial score (nSPS) is 17.7. The highest BCUT2D eigenvalue weighted by Crippen LogP contribution is 2.27. The Kier molecular flexibility index (Phi) is 4.78. The molecule has 0 saturated carbocycles. The summed E-state index contributed by atoms with van der Waals surface area (Å²) in [7, 11) is 2.15. The Morgan fingerprint density at radius 3 is 2.77 bits per heavy atom. The van der Waals surface area contributed by atoms with Crippen LogP contribution in [0, 0.1) is 6.92 Å². The molecule has 0 N–H and O–H groups in total. The number of piperazine rings is 1. The zero-order valence-corrected chi connectivity index (χ0v) is 18.4. The number of hydrogen-bond donors (Lipinski definition) is 0. The van der Waals surface area contributed by atoms with Gasteiger partial charge in [0.05, 0.1) is 16.8 Å². The molecule has 1 fully saturated rings. The van der Waals surface area contributed by atoms with Gasteiger partial charge in [-0.25, -0.2) is 9.78 Å². The van der Waals surface area contributed by atoms with E-state index in [4.69, 9.17) is 9.40 Å². The van der Waals surface area contributed by atoms with E-state index in [-0.39, 0.29) is 5.63 Å². The van der Waals surface area contributed by atoms with Crippen LogP contribution in [0.4, 0.5) is 5.69 Å². The van der Waals surface area contributed by atoms with Gasteiger partial charge in [0.15, 0.2) is 11.4 Å². The third kappa shape index (κ3) is 3.49. The van der Waals surface area contributed by atoms with Crippen molar-refractivity contribution in [3.8, 4) is 11.5 Å². The lowest BCUT2D eigenvalue weighted by atomic mass is 10.1. The van der Waals surface area contributed by atoms with Gasteiger partial charge in [0, 0.05) is 43.8 Å². The molecule has 4 heterocycles. The second kappa shape index (κ2) is 7.50. The lowest BCUT2D eigenvalue weighted by Crippen LogP contribution is -2.50. The van der Waals surface area contributed by atoms with Gasteiger partial charge in [-0.1, -0.05) is 13.0 Å². The maximum absolute atomic E-state index is 12.9. The maximum atomic E-state index is 12.9. The summed E-state index contributed by atoms with van der Waals surface area (Å²) >= 11 is 0. The number of hydrogen-bond acceptors (Lipinski definition) is 6. The largest absolute Gasteiger partial charge is 0.421 e. The van der Waals surface area contributed by atoms with E-state index < -0.39 is 0 Å². The number of aryl methyl sites for hydroxylation is 2. The van der Waals surface area contributed by atoms with Crippen LogP contribution in [0.1, 0.15) is 25.2 Å². The molecule has 5 rings (SSSR count). The van der Waals surface area contributed by atoms with Crippen LogP contribution in [0.2, 0.25) is 0 Å². The molecule has 1 saturated heterocycles. The topological polar surface area (TPSA) is 66.9 Å². The van der Waals surface area contributed by atoms with Crippen molar-refractivity contribution >= 4 is 22.1 Å². The van der Waals surface area contributed by atoms with E-state index in [1.165, 1.54) is 0 Å². The SMILES string of the molecule is CCc1nc(C)cn2cc(-c3cc4ccc(N5CCN(C)C(C)C5)cc4c(=O)o3)nc12. The smallest absolute Gasteiger partial charge is 0.344 e. The van der Waals surface area contributed by atoms with E-state index in [1.807, 2.05) is 41.9 Å². The van der Waals surface area contributed by atoms with E-state index in [0.717, 1.165) is 54.2 Å². The maximum Gasteiger partial charge on any atom is 0.344 e. The van der Waals surface area contributed by atoms with Crippen molar-refractivity contribution in [1.82, 2.24) is 19.3 Å². The average molecular weight is 418 g/mol. The first-order valence-electron chi connectivity index (χ1n) is 10.8. The van der Waals surface area contributed by atoms with Crippen LogP contribution >= 0.6 is 0 Å². The zero-order valence-electron chi connectivity index (χ0n) is 18.4. The second-order valence-electron chi connectivity index (χ2n) is 8.48. The van der Waals surface area contributed by atoms with Crippen molar-refractivity contribution in [2.45, 2.75) is 33.2 Å². The molecule has 1 atom stereocenters. The zero-order chi connectivity index (χ0) is 21.7. The fraction of sp³-hybridized carbons (Fsp3) is 0.375. The Hall–Kier alpha value is -3.19. The van der Waals surface area contributed by atoms with Crippen molar-refractivity contribution in [2.75, 3.05) is 31.6 Å². The van der Waals surface area contributed by atoms with E-state index in [1.54, 1.807) is 0 Å². The van der Waals surface area contributed by atoms with Crippen LogP contribution in [-0.2, 0) is 6.42 Å². The Bertz CT molecular complexity index is 1340. The molecular formula is C24H27N5O2. The fourth-order valence-electron chi connectivity index (χ4n) is 4.33. The predicted molar refractivity (Wildman–Crippen MR) is 123 cm³/mol. The van der Waals surface area contributed by atoms with Gasteiger partial charge in [-0.2, -0.15) is 0 Å². The number of likely N-dealkylation sites (N-methyl/N-ethyl adjacent to an activating group) is 1. The molecule has 0 bridgehead atoms. The number of imidazole rings is 1. The van der Waals surface area contributed by atoms with Crippen molar-refractivity contribution in [3.05, 3.63) is 58.5 Å². The third-order valence-electron chi connectivity index (χ3n) is 6.29. The number of nitrogens with zero attached hydrogens (tertiary/aromatic N) is 5.